The van der Waals surface area contributed by atoms with E-state index in [1.807, 2.05) is 13.8 Å². The van der Waals surface area contributed by atoms with Crippen LogP contribution >= 0.6 is 0 Å². The fourth-order valence-corrected chi connectivity index (χ4v) is 1.88. The fraction of sp³-hybridized carbons (Fsp3) is 0.833. The molecule has 2 atom stereocenters. The van der Waals surface area contributed by atoms with Crippen molar-refractivity contribution in [2.24, 2.45) is 5.92 Å². The van der Waals surface area contributed by atoms with Crippen LogP contribution in [0.4, 0.5) is 0 Å². The molecule has 0 spiro atoms. The predicted molar refractivity (Wildman–Crippen MR) is 62.4 cm³/mol. The summed E-state index contributed by atoms with van der Waals surface area (Å²) in [4.78, 5) is 23.3. The van der Waals surface area contributed by atoms with Gasteiger partial charge in [0.25, 0.3) is 0 Å². The Kier molecular flexibility index (Phi) is 5.41. The number of hydrogen-bond acceptors (Lipinski definition) is 4. The summed E-state index contributed by atoms with van der Waals surface area (Å²) in [6, 6.07) is -0.573. The summed E-state index contributed by atoms with van der Waals surface area (Å²) in [5.41, 5.74) is 0. The highest BCUT2D eigenvalue weighted by Gasteiger charge is 2.29. The number of nitrogens with one attached hydrogen (secondary N) is 1. The van der Waals surface area contributed by atoms with E-state index in [0.29, 0.717) is 18.9 Å². The van der Waals surface area contributed by atoms with Crippen molar-refractivity contribution in [3.63, 3.8) is 0 Å². The molecule has 0 bridgehead atoms. The van der Waals surface area contributed by atoms with Gasteiger partial charge in [0.1, 0.15) is 12.1 Å². The van der Waals surface area contributed by atoms with Crippen LogP contribution in [0.1, 0.15) is 33.1 Å². The second-order valence-electron chi connectivity index (χ2n) is 4.72. The second-order valence-corrected chi connectivity index (χ2v) is 4.72. The van der Waals surface area contributed by atoms with E-state index in [1.165, 1.54) is 7.11 Å². The number of rotatable bonds is 5. The number of carbonyl (C=O) groups is 2. The molecule has 0 aromatic heterocycles. The first kappa shape index (κ1) is 14.0. The summed E-state index contributed by atoms with van der Waals surface area (Å²) in [5, 5.41) is 2.70. The van der Waals surface area contributed by atoms with Crippen molar-refractivity contribution in [1.82, 2.24) is 5.32 Å². The van der Waals surface area contributed by atoms with Crippen molar-refractivity contribution < 1.29 is 19.1 Å². The number of hydrogen-bond donors (Lipinski definition) is 1. The Morgan fingerprint density at radius 1 is 1.47 bits per heavy atom. The normalized spacial score (nSPS) is 21.3. The number of esters is 1. The summed E-state index contributed by atoms with van der Waals surface area (Å²) >= 11 is 0. The van der Waals surface area contributed by atoms with E-state index in [-0.39, 0.29) is 5.91 Å². The molecule has 1 aliphatic rings. The van der Waals surface area contributed by atoms with E-state index < -0.39 is 18.1 Å². The van der Waals surface area contributed by atoms with E-state index in [2.05, 4.69) is 10.1 Å². The van der Waals surface area contributed by atoms with Gasteiger partial charge in [-0.1, -0.05) is 13.8 Å². The lowest BCUT2D eigenvalue weighted by Crippen LogP contribution is -2.46. The highest BCUT2D eigenvalue weighted by molar-refractivity contribution is 5.87. The lowest BCUT2D eigenvalue weighted by Gasteiger charge is -2.20. The SMILES string of the molecule is COC(=O)[C@H](CC(C)C)NC(=O)[C@H]1CCCO1. The molecule has 0 saturated carbocycles. The van der Waals surface area contributed by atoms with Crippen LogP contribution < -0.4 is 5.32 Å². The fourth-order valence-electron chi connectivity index (χ4n) is 1.88. The third-order valence-electron chi connectivity index (χ3n) is 2.73. The van der Waals surface area contributed by atoms with E-state index >= 15 is 0 Å². The van der Waals surface area contributed by atoms with Crippen molar-refractivity contribution in [3.8, 4) is 0 Å². The van der Waals surface area contributed by atoms with Gasteiger partial charge in [0.15, 0.2) is 0 Å². The maximum absolute atomic E-state index is 11.8. The third-order valence-corrected chi connectivity index (χ3v) is 2.73. The molecule has 0 unspecified atom stereocenters. The van der Waals surface area contributed by atoms with Crippen molar-refractivity contribution in [2.45, 2.75) is 45.3 Å². The smallest absolute Gasteiger partial charge is 0.328 e. The summed E-state index contributed by atoms with van der Waals surface area (Å²) in [6.45, 7) is 4.60. The molecular weight excluding hydrogens is 222 g/mol. The Bertz CT molecular complexity index is 272. The van der Waals surface area contributed by atoms with Crippen molar-refractivity contribution in [1.29, 1.82) is 0 Å². The highest BCUT2D eigenvalue weighted by Crippen LogP contribution is 2.13. The van der Waals surface area contributed by atoms with Crippen LogP contribution in [0, 0.1) is 5.92 Å². The number of methoxy groups -OCH3 is 1. The third kappa shape index (κ3) is 4.34. The van der Waals surface area contributed by atoms with Crippen LogP contribution in [0.3, 0.4) is 0 Å². The Morgan fingerprint density at radius 2 is 2.18 bits per heavy atom. The molecule has 0 radical (unpaired) electrons. The van der Waals surface area contributed by atoms with E-state index in [0.717, 1.165) is 12.8 Å². The molecule has 1 aliphatic heterocycles. The Hall–Kier alpha value is -1.10. The quantitative estimate of drug-likeness (QED) is 0.728. The Balaban J connectivity index is 2.52. The van der Waals surface area contributed by atoms with Gasteiger partial charge in [-0.05, 0) is 25.2 Å². The number of carbonyl (C=O) groups excluding carboxylic acids is 2. The maximum Gasteiger partial charge on any atom is 0.328 e. The van der Waals surface area contributed by atoms with Crippen molar-refractivity contribution in [2.75, 3.05) is 13.7 Å². The van der Waals surface area contributed by atoms with Gasteiger partial charge in [0.2, 0.25) is 5.91 Å². The lowest BCUT2D eigenvalue weighted by atomic mass is 10.0. The van der Waals surface area contributed by atoms with Gasteiger partial charge in [-0.2, -0.15) is 0 Å². The van der Waals surface area contributed by atoms with Gasteiger partial charge in [-0.25, -0.2) is 4.79 Å². The van der Waals surface area contributed by atoms with E-state index in [4.69, 9.17) is 4.74 Å². The second kappa shape index (κ2) is 6.59. The first-order chi connectivity index (χ1) is 8.04. The predicted octanol–water partition coefficient (Wildman–Crippen LogP) is 0.869. The number of ether oxygens (including phenoxy) is 2. The molecule has 0 aromatic carbocycles. The van der Waals surface area contributed by atoms with Gasteiger partial charge in [0, 0.05) is 6.61 Å². The molecule has 1 saturated heterocycles. The van der Waals surface area contributed by atoms with Crippen LogP contribution in [0.5, 0.6) is 0 Å². The molecule has 1 fully saturated rings. The lowest BCUT2D eigenvalue weighted by molar-refractivity contribution is -0.146. The van der Waals surface area contributed by atoms with Gasteiger partial charge in [-0.3, -0.25) is 4.79 Å². The molecule has 1 rings (SSSR count). The van der Waals surface area contributed by atoms with Crippen LogP contribution in [0.25, 0.3) is 0 Å². The van der Waals surface area contributed by atoms with Crippen molar-refractivity contribution >= 4 is 11.9 Å². The van der Waals surface area contributed by atoms with Gasteiger partial charge in [-0.15, -0.1) is 0 Å². The minimum absolute atomic E-state index is 0.210. The topological polar surface area (TPSA) is 64.6 Å². The monoisotopic (exact) mass is 243 g/mol. The van der Waals surface area contributed by atoms with Gasteiger partial charge < -0.3 is 14.8 Å². The van der Waals surface area contributed by atoms with Crippen LogP contribution in [-0.4, -0.2) is 37.7 Å². The largest absolute Gasteiger partial charge is 0.467 e. The Morgan fingerprint density at radius 3 is 2.65 bits per heavy atom. The zero-order valence-corrected chi connectivity index (χ0v) is 10.7. The minimum Gasteiger partial charge on any atom is -0.467 e. The zero-order chi connectivity index (χ0) is 12.8. The minimum atomic E-state index is -0.573. The van der Waals surface area contributed by atoms with E-state index in [1.54, 1.807) is 0 Å². The summed E-state index contributed by atoms with van der Waals surface area (Å²) < 4.78 is 9.95. The molecule has 1 N–H and O–H groups in total. The molecule has 1 amide bonds. The standard InChI is InChI=1S/C12H21NO4/c1-8(2)7-9(12(15)16-3)13-11(14)10-5-4-6-17-10/h8-10H,4-7H2,1-3H3,(H,13,14)/t9-,10+/m0/s1. The van der Waals surface area contributed by atoms with Gasteiger partial charge >= 0.3 is 5.97 Å². The molecule has 1 heterocycles. The molecule has 98 valence electrons. The Labute approximate surface area is 102 Å². The van der Waals surface area contributed by atoms with Crippen LogP contribution in [0.15, 0.2) is 0 Å². The average molecular weight is 243 g/mol. The zero-order valence-electron chi connectivity index (χ0n) is 10.7. The molecule has 0 aromatic rings. The van der Waals surface area contributed by atoms with Crippen molar-refractivity contribution in [3.05, 3.63) is 0 Å². The molecular formula is C12H21NO4. The summed E-state index contributed by atoms with van der Waals surface area (Å²) in [5.74, 6) is -0.299. The number of amides is 1. The maximum atomic E-state index is 11.8. The molecule has 17 heavy (non-hydrogen) atoms. The van der Waals surface area contributed by atoms with Gasteiger partial charge in [0.05, 0.1) is 7.11 Å². The van der Waals surface area contributed by atoms with E-state index in [9.17, 15) is 9.59 Å². The molecule has 5 heteroatoms. The van der Waals surface area contributed by atoms with Crippen LogP contribution in [-0.2, 0) is 19.1 Å². The summed E-state index contributed by atoms with van der Waals surface area (Å²) in [7, 11) is 1.33. The van der Waals surface area contributed by atoms with Crippen LogP contribution in [0.2, 0.25) is 0 Å². The highest BCUT2D eigenvalue weighted by atomic mass is 16.5. The average Bonchev–Trinajstić information content (AvgIpc) is 2.79. The molecule has 0 aliphatic carbocycles. The summed E-state index contributed by atoms with van der Waals surface area (Å²) in [6.07, 6.45) is 1.78. The first-order valence-electron chi connectivity index (χ1n) is 6.04. The molecule has 5 nitrogen and oxygen atoms in total. The first-order valence-corrected chi connectivity index (χ1v) is 6.04.